The highest BCUT2D eigenvalue weighted by molar-refractivity contribution is 6.30. The topological polar surface area (TPSA) is 62.7 Å². The standard InChI is InChI=1S/C21H24ClN5/c1-5-15(4)24-21-25-18(16-7-6-8-23-12-16)11-19(27-21)26-20-13(2)9-17(22)10-14(20)3/h6-12,15H,5H2,1-4H3,(H2,24,25,26,27)/t15-/m0/s1. The van der Waals surface area contributed by atoms with E-state index in [4.69, 9.17) is 11.6 Å². The normalized spacial score (nSPS) is 11.9. The van der Waals surface area contributed by atoms with Gasteiger partial charge in [0.1, 0.15) is 5.82 Å². The molecule has 0 fully saturated rings. The number of anilines is 3. The van der Waals surface area contributed by atoms with E-state index in [9.17, 15) is 0 Å². The number of nitrogens with one attached hydrogen (secondary N) is 2. The summed E-state index contributed by atoms with van der Waals surface area (Å²) in [6, 6.07) is 9.99. The number of aryl methyl sites for hydroxylation is 2. The number of halogens is 1. The lowest BCUT2D eigenvalue weighted by molar-refractivity contribution is 0.753. The fourth-order valence-corrected chi connectivity index (χ4v) is 3.12. The molecule has 0 aliphatic rings. The number of hydrogen-bond acceptors (Lipinski definition) is 5. The highest BCUT2D eigenvalue weighted by Gasteiger charge is 2.11. The average Bonchev–Trinajstić information content (AvgIpc) is 2.65. The van der Waals surface area contributed by atoms with Gasteiger partial charge in [-0.05, 0) is 62.6 Å². The van der Waals surface area contributed by atoms with Crippen LogP contribution in [0.15, 0.2) is 42.7 Å². The van der Waals surface area contributed by atoms with E-state index in [-0.39, 0.29) is 6.04 Å². The van der Waals surface area contributed by atoms with Crippen molar-refractivity contribution < 1.29 is 0 Å². The second-order valence-electron chi connectivity index (χ2n) is 6.70. The van der Waals surface area contributed by atoms with Crippen molar-refractivity contribution in [3.05, 3.63) is 58.9 Å². The van der Waals surface area contributed by atoms with Gasteiger partial charge in [-0.15, -0.1) is 0 Å². The van der Waals surface area contributed by atoms with Crippen molar-refractivity contribution in [2.45, 2.75) is 40.2 Å². The minimum absolute atomic E-state index is 0.279. The van der Waals surface area contributed by atoms with Crippen LogP contribution >= 0.6 is 11.6 Å². The summed E-state index contributed by atoms with van der Waals surface area (Å²) in [7, 11) is 0. The van der Waals surface area contributed by atoms with Crippen LogP contribution in [0.2, 0.25) is 5.02 Å². The van der Waals surface area contributed by atoms with Crippen LogP contribution in [0.4, 0.5) is 17.5 Å². The first-order valence-electron chi connectivity index (χ1n) is 9.06. The second kappa shape index (κ2) is 8.35. The summed E-state index contributed by atoms with van der Waals surface area (Å²) in [5, 5.41) is 7.53. The van der Waals surface area contributed by atoms with Crippen LogP contribution in [0, 0.1) is 13.8 Å². The second-order valence-corrected chi connectivity index (χ2v) is 7.13. The van der Waals surface area contributed by atoms with E-state index >= 15 is 0 Å². The Morgan fingerprint density at radius 3 is 2.48 bits per heavy atom. The molecule has 2 N–H and O–H groups in total. The summed E-state index contributed by atoms with van der Waals surface area (Å²) in [4.78, 5) is 13.5. The molecule has 0 aliphatic heterocycles. The zero-order chi connectivity index (χ0) is 19.4. The van der Waals surface area contributed by atoms with Gasteiger partial charge in [0.2, 0.25) is 5.95 Å². The Bertz CT molecular complexity index is 904. The van der Waals surface area contributed by atoms with Crippen LogP contribution < -0.4 is 10.6 Å². The summed E-state index contributed by atoms with van der Waals surface area (Å²) in [5.74, 6) is 1.32. The Labute approximate surface area is 165 Å². The maximum Gasteiger partial charge on any atom is 0.225 e. The van der Waals surface area contributed by atoms with Crippen LogP contribution in [0.5, 0.6) is 0 Å². The number of hydrogen-bond donors (Lipinski definition) is 2. The van der Waals surface area contributed by atoms with Crippen LogP contribution in [-0.4, -0.2) is 21.0 Å². The molecule has 2 heterocycles. The van der Waals surface area contributed by atoms with E-state index in [2.05, 4.69) is 39.4 Å². The highest BCUT2D eigenvalue weighted by atomic mass is 35.5. The average molecular weight is 382 g/mol. The number of benzene rings is 1. The third-order valence-electron chi connectivity index (χ3n) is 4.42. The van der Waals surface area contributed by atoms with E-state index in [0.29, 0.717) is 5.95 Å². The maximum absolute atomic E-state index is 6.16. The Kier molecular flexibility index (Phi) is 5.91. The van der Waals surface area contributed by atoms with Gasteiger partial charge in [-0.25, -0.2) is 4.98 Å². The molecule has 0 radical (unpaired) electrons. The van der Waals surface area contributed by atoms with Gasteiger partial charge in [0.15, 0.2) is 0 Å². The van der Waals surface area contributed by atoms with Gasteiger partial charge in [-0.3, -0.25) is 4.98 Å². The van der Waals surface area contributed by atoms with Crippen molar-refractivity contribution in [2.75, 3.05) is 10.6 Å². The Balaban J connectivity index is 2.02. The number of rotatable bonds is 6. The van der Waals surface area contributed by atoms with E-state index in [1.807, 2.05) is 44.2 Å². The van der Waals surface area contributed by atoms with Crippen LogP contribution in [-0.2, 0) is 0 Å². The van der Waals surface area contributed by atoms with Gasteiger partial charge in [-0.1, -0.05) is 18.5 Å². The predicted octanol–water partition coefficient (Wildman–Crippen LogP) is 5.76. The van der Waals surface area contributed by atoms with Gasteiger partial charge in [-0.2, -0.15) is 4.98 Å². The number of pyridine rings is 1. The number of aromatic nitrogens is 3. The molecule has 3 rings (SSSR count). The highest BCUT2D eigenvalue weighted by Crippen LogP contribution is 2.29. The first kappa shape index (κ1) is 19.1. The van der Waals surface area contributed by atoms with Crippen LogP contribution in [0.1, 0.15) is 31.4 Å². The molecular formula is C21H24ClN5. The minimum Gasteiger partial charge on any atom is -0.352 e. The van der Waals surface area contributed by atoms with Crippen molar-refractivity contribution in [2.24, 2.45) is 0 Å². The Morgan fingerprint density at radius 2 is 1.85 bits per heavy atom. The Hall–Kier alpha value is -2.66. The molecule has 0 saturated carbocycles. The van der Waals surface area contributed by atoms with E-state index in [1.54, 1.807) is 12.4 Å². The van der Waals surface area contributed by atoms with E-state index in [1.165, 1.54) is 0 Å². The monoisotopic (exact) mass is 381 g/mol. The van der Waals surface area contributed by atoms with Gasteiger partial charge in [0.05, 0.1) is 5.69 Å². The van der Waals surface area contributed by atoms with E-state index in [0.717, 1.165) is 45.3 Å². The molecule has 2 aromatic heterocycles. The van der Waals surface area contributed by atoms with Crippen molar-refractivity contribution in [3.63, 3.8) is 0 Å². The Morgan fingerprint density at radius 1 is 1.11 bits per heavy atom. The lowest BCUT2D eigenvalue weighted by Crippen LogP contribution is -2.16. The molecule has 1 atom stereocenters. The molecule has 0 saturated heterocycles. The minimum atomic E-state index is 0.279. The molecule has 140 valence electrons. The van der Waals surface area contributed by atoms with E-state index < -0.39 is 0 Å². The van der Waals surface area contributed by atoms with Crippen molar-refractivity contribution in [1.29, 1.82) is 0 Å². The summed E-state index contributed by atoms with van der Waals surface area (Å²) >= 11 is 6.16. The molecule has 3 aromatic rings. The smallest absolute Gasteiger partial charge is 0.225 e. The quantitative estimate of drug-likeness (QED) is 0.568. The summed E-state index contributed by atoms with van der Waals surface area (Å²) < 4.78 is 0. The van der Waals surface area contributed by atoms with Crippen molar-refractivity contribution >= 4 is 29.1 Å². The zero-order valence-electron chi connectivity index (χ0n) is 16.0. The molecule has 0 unspecified atom stereocenters. The largest absolute Gasteiger partial charge is 0.352 e. The third-order valence-corrected chi connectivity index (χ3v) is 4.64. The predicted molar refractivity (Wildman–Crippen MR) is 113 cm³/mol. The van der Waals surface area contributed by atoms with Crippen LogP contribution in [0.3, 0.4) is 0 Å². The van der Waals surface area contributed by atoms with Gasteiger partial charge in [0.25, 0.3) is 0 Å². The fraction of sp³-hybridized carbons (Fsp3) is 0.286. The number of nitrogens with zero attached hydrogens (tertiary/aromatic N) is 3. The van der Waals surface area contributed by atoms with Crippen molar-refractivity contribution in [3.8, 4) is 11.3 Å². The van der Waals surface area contributed by atoms with Crippen molar-refractivity contribution in [1.82, 2.24) is 15.0 Å². The maximum atomic E-state index is 6.16. The zero-order valence-corrected chi connectivity index (χ0v) is 16.8. The summed E-state index contributed by atoms with van der Waals surface area (Å²) in [6.07, 6.45) is 4.54. The fourth-order valence-electron chi connectivity index (χ4n) is 2.80. The molecule has 0 amide bonds. The third kappa shape index (κ3) is 4.74. The molecule has 0 aliphatic carbocycles. The summed E-state index contributed by atoms with van der Waals surface area (Å²) in [5.41, 5.74) is 4.90. The summed E-state index contributed by atoms with van der Waals surface area (Å²) in [6.45, 7) is 8.30. The van der Waals surface area contributed by atoms with Crippen LogP contribution in [0.25, 0.3) is 11.3 Å². The first-order chi connectivity index (χ1) is 13.0. The first-order valence-corrected chi connectivity index (χ1v) is 9.44. The molecule has 6 heteroatoms. The molecule has 0 spiro atoms. The van der Waals surface area contributed by atoms with Gasteiger partial charge < -0.3 is 10.6 Å². The molecule has 5 nitrogen and oxygen atoms in total. The molecule has 27 heavy (non-hydrogen) atoms. The molecule has 1 aromatic carbocycles. The lowest BCUT2D eigenvalue weighted by atomic mass is 10.1. The molecule has 0 bridgehead atoms. The van der Waals surface area contributed by atoms with Gasteiger partial charge in [0, 0.05) is 40.8 Å². The molecular weight excluding hydrogens is 358 g/mol. The SMILES string of the molecule is CC[C@H](C)Nc1nc(Nc2c(C)cc(Cl)cc2C)cc(-c2cccnc2)n1. The lowest BCUT2D eigenvalue weighted by Gasteiger charge is -2.16. The van der Waals surface area contributed by atoms with Gasteiger partial charge >= 0.3 is 0 Å².